The summed E-state index contributed by atoms with van der Waals surface area (Å²) in [5.41, 5.74) is 0.804. The number of benzene rings is 2. The molecule has 7 nitrogen and oxygen atoms in total. The van der Waals surface area contributed by atoms with E-state index < -0.39 is 10.9 Å². The number of hydrogen-bond donors (Lipinski definition) is 0. The van der Waals surface area contributed by atoms with E-state index in [-0.39, 0.29) is 5.69 Å². The van der Waals surface area contributed by atoms with Crippen LogP contribution < -0.4 is 0 Å². The first-order chi connectivity index (χ1) is 11.6. The van der Waals surface area contributed by atoms with Crippen molar-refractivity contribution in [3.8, 4) is 0 Å². The topological polar surface area (TPSA) is 91.0 Å². The smallest absolute Gasteiger partial charge is 0.339 e. The summed E-state index contributed by atoms with van der Waals surface area (Å²) in [6, 6.07) is 11.5. The Bertz CT molecular complexity index is 792. The average Bonchev–Trinajstić information content (AvgIpc) is 2.60. The summed E-state index contributed by atoms with van der Waals surface area (Å²) < 4.78 is 4.74. The molecule has 2 aromatic carbocycles. The van der Waals surface area contributed by atoms with Crippen LogP contribution in [0.3, 0.4) is 0 Å². The molecular formula is C16H14N2O5S. The highest BCUT2D eigenvalue weighted by Crippen LogP contribution is 2.37. The van der Waals surface area contributed by atoms with Crippen molar-refractivity contribution in [2.75, 3.05) is 14.2 Å². The number of nitro groups is 1. The Hall–Kier alpha value is -2.87. The predicted molar refractivity (Wildman–Crippen MR) is 89.6 cm³/mol. The third-order valence-corrected chi connectivity index (χ3v) is 4.14. The van der Waals surface area contributed by atoms with E-state index in [1.54, 1.807) is 36.4 Å². The van der Waals surface area contributed by atoms with Crippen LogP contribution in [-0.2, 0) is 9.57 Å². The summed E-state index contributed by atoms with van der Waals surface area (Å²) in [4.78, 5) is 28.2. The van der Waals surface area contributed by atoms with Crippen LogP contribution in [0.4, 0.5) is 5.69 Å². The molecule has 2 rings (SSSR count). The van der Waals surface area contributed by atoms with Crippen molar-refractivity contribution in [3.63, 3.8) is 0 Å². The van der Waals surface area contributed by atoms with E-state index in [2.05, 4.69) is 9.99 Å². The minimum atomic E-state index is -0.496. The molecule has 0 unspecified atom stereocenters. The Kier molecular flexibility index (Phi) is 5.91. The van der Waals surface area contributed by atoms with Gasteiger partial charge in [-0.1, -0.05) is 35.1 Å². The van der Waals surface area contributed by atoms with Crippen LogP contribution in [0.25, 0.3) is 0 Å². The number of oxime groups is 1. The molecule has 0 atom stereocenters. The number of carbonyl (C=O) groups excluding carboxylic acids is 1. The Morgan fingerprint density at radius 2 is 1.96 bits per heavy atom. The minimum absolute atomic E-state index is 0.0836. The van der Waals surface area contributed by atoms with Gasteiger partial charge >= 0.3 is 5.97 Å². The average molecular weight is 346 g/mol. The zero-order valence-electron chi connectivity index (χ0n) is 13.0. The second kappa shape index (κ2) is 8.11. The van der Waals surface area contributed by atoms with Gasteiger partial charge in [0, 0.05) is 16.5 Å². The third-order valence-electron chi connectivity index (χ3n) is 3.00. The molecule has 0 amide bonds. The molecule has 124 valence electrons. The highest BCUT2D eigenvalue weighted by atomic mass is 32.2. The van der Waals surface area contributed by atoms with Gasteiger partial charge < -0.3 is 9.57 Å². The molecule has 0 saturated heterocycles. The normalized spacial score (nSPS) is 10.6. The molecule has 0 radical (unpaired) electrons. The van der Waals surface area contributed by atoms with E-state index >= 15 is 0 Å². The van der Waals surface area contributed by atoms with Crippen LogP contribution in [0, 0.1) is 10.1 Å². The van der Waals surface area contributed by atoms with E-state index in [4.69, 9.17) is 4.74 Å². The van der Waals surface area contributed by atoms with Gasteiger partial charge in [0.05, 0.1) is 28.7 Å². The second-order valence-electron chi connectivity index (χ2n) is 4.49. The molecule has 0 bridgehead atoms. The Morgan fingerprint density at radius 1 is 1.21 bits per heavy atom. The molecule has 0 fully saturated rings. The van der Waals surface area contributed by atoms with Crippen molar-refractivity contribution in [1.29, 1.82) is 0 Å². The number of ether oxygens (including phenoxy) is 1. The summed E-state index contributed by atoms with van der Waals surface area (Å²) in [7, 11) is 2.68. The van der Waals surface area contributed by atoms with Gasteiger partial charge in [-0.15, -0.1) is 0 Å². The van der Waals surface area contributed by atoms with Gasteiger partial charge in [0.1, 0.15) is 7.11 Å². The highest BCUT2D eigenvalue weighted by molar-refractivity contribution is 7.99. The van der Waals surface area contributed by atoms with Crippen molar-refractivity contribution < 1.29 is 19.3 Å². The van der Waals surface area contributed by atoms with Crippen molar-refractivity contribution in [2.24, 2.45) is 5.16 Å². The standard InChI is InChI=1S/C16H14N2O5S/c1-22-16(19)12-5-3-4-6-14(12)24-15-8-7-11(10-17-23-2)9-13(15)18(20)21/h3-10H,1-2H3. The molecule has 8 heteroatoms. The van der Waals surface area contributed by atoms with Crippen LogP contribution in [0.15, 0.2) is 57.4 Å². The third kappa shape index (κ3) is 4.11. The zero-order valence-corrected chi connectivity index (χ0v) is 13.8. The van der Waals surface area contributed by atoms with Gasteiger partial charge in [-0.05, 0) is 18.2 Å². The summed E-state index contributed by atoms with van der Waals surface area (Å²) in [5, 5.41) is 14.9. The van der Waals surface area contributed by atoms with Crippen LogP contribution in [0.2, 0.25) is 0 Å². The molecule has 0 aliphatic rings. The van der Waals surface area contributed by atoms with Crippen LogP contribution in [-0.4, -0.2) is 31.3 Å². The fourth-order valence-corrected chi connectivity index (χ4v) is 2.93. The fraction of sp³-hybridized carbons (Fsp3) is 0.125. The SMILES string of the molecule is CON=Cc1ccc(Sc2ccccc2C(=O)OC)c([N+](=O)[O-])c1. The minimum Gasteiger partial charge on any atom is -0.465 e. The second-order valence-corrected chi connectivity index (χ2v) is 5.57. The van der Waals surface area contributed by atoms with Gasteiger partial charge in [-0.3, -0.25) is 10.1 Å². The first kappa shape index (κ1) is 17.5. The summed E-state index contributed by atoms with van der Waals surface area (Å²) in [6.45, 7) is 0. The van der Waals surface area contributed by atoms with Gasteiger partial charge in [-0.2, -0.15) is 0 Å². The van der Waals surface area contributed by atoms with E-state index in [9.17, 15) is 14.9 Å². The Morgan fingerprint density at radius 3 is 2.62 bits per heavy atom. The predicted octanol–water partition coefficient (Wildman–Crippen LogP) is 3.51. The van der Waals surface area contributed by atoms with Gasteiger partial charge in [0.2, 0.25) is 0 Å². The molecule has 0 aliphatic heterocycles. The van der Waals surface area contributed by atoms with E-state index in [0.717, 1.165) is 11.8 Å². The number of rotatable bonds is 6. The van der Waals surface area contributed by atoms with Gasteiger partial charge in [0.15, 0.2) is 0 Å². The Balaban J connectivity index is 2.41. The number of nitro benzene ring substituents is 1. The lowest BCUT2D eigenvalue weighted by molar-refractivity contribution is -0.387. The molecule has 0 heterocycles. The molecule has 0 spiro atoms. The lowest BCUT2D eigenvalue weighted by Gasteiger charge is -2.08. The van der Waals surface area contributed by atoms with Crippen molar-refractivity contribution >= 4 is 29.6 Å². The highest BCUT2D eigenvalue weighted by Gasteiger charge is 2.19. The molecule has 0 saturated carbocycles. The number of carbonyl (C=O) groups is 1. The van der Waals surface area contributed by atoms with Gasteiger partial charge in [-0.25, -0.2) is 4.79 Å². The monoisotopic (exact) mass is 346 g/mol. The Labute approximate surface area is 142 Å². The summed E-state index contributed by atoms with van der Waals surface area (Å²) in [6.07, 6.45) is 1.38. The summed E-state index contributed by atoms with van der Waals surface area (Å²) in [5.74, 6) is -0.496. The van der Waals surface area contributed by atoms with E-state index in [1.807, 2.05) is 0 Å². The van der Waals surface area contributed by atoms with Crippen LogP contribution in [0.5, 0.6) is 0 Å². The molecule has 0 aliphatic carbocycles. The largest absolute Gasteiger partial charge is 0.465 e. The first-order valence-electron chi connectivity index (χ1n) is 6.77. The number of methoxy groups -OCH3 is 1. The maximum Gasteiger partial charge on any atom is 0.339 e. The summed E-state index contributed by atoms with van der Waals surface area (Å²) >= 11 is 1.13. The lowest BCUT2D eigenvalue weighted by Crippen LogP contribution is -2.03. The molecule has 24 heavy (non-hydrogen) atoms. The quantitative estimate of drug-likeness (QED) is 0.344. The maximum absolute atomic E-state index is 11.8. The maximum atomic E-state index is 11.8. The van der Waals surface area contributed by atoms with Crippen LogP contribution in [0.1, 0.15) is 15.9 Å². The lowest BCUT2D eigenvalue weighted by atomic mass is 10.2. The van der Waals surface area contributed by atoms with Crippen molar-refractivity contribution in [2.45, 2.75) is 9.79 Å². The number of nitrogens with zero attached hydrogens (tertiary/aromatic N) is 2. The van der Waals surface area contributed by atoms with Crippen molar-refractivity contribution in [3.05, 3.63) is 63.7 Å². The first-order valence-corrected chi connectivity index (χ1v) is 7.58. The molecule has 0 N–H and O–H groups in total. The number of hydrogen-bond acceptors (Lipinski definition) is 7. The molecule has 2 aromatic rings. The van der Waals surface area contributed by atoms with E-state index in [1.165, 1.54) is 26.5 Å². The zero-order chi connectivity index (χ0) is 17.5. The van der Waals surface area contributed by atoms with Crippen LogP contribution >= 0.6 is 11.8 Å². The molecular weight excluding hydrogens is 332 g/mol. The fourth-order valence-electron chi connectivity index (χ4n) is 1.91. The molecule has 0 aromatic heterocycles. The van der Waals surface area contributed by atoms with Crippen molar-refractivity contribution in [1.82, 2.24) is 0 Å². The van der Waals surface area contributed by atoms with Gasteiger partial charge in [0.25, 0.3) is 5.69 Å². The van der Waals surface area contributed by atoms with E-state index in [0.29, 0.717) is 20.9 Å². The number of esters is 1.